The molecule has 0 amide bonds. The van der Waals surface area contributed by atoms with Crippen molar-refractivity contribution >= 4 is 5.97 Å². The Kier molecular flexibility index (Phi) is 5.09. The van der Waals surface area contributed by atoms with Crippen LogP contribution in [0, 0.1) is 0 Å². The third-order valence-corrected chi connectivity index (χ3v) is 3.65. The Morgan fingerprint density at radius 2 is 2.30 bits per heavy atom. The van der Waals surface area contributed by atoms with Crippen molar-refractivity contribution in [2.45, 2.75) is 38.3 Å². The molecule has 1 saturated heterocycles. The number of esters is 1. The summed E-state index contributed by atoms with van der Waals surface area (Å²) in [6.45, 7) is 5.46. The summed E-state index contributed by atoms with van der Waals surface area (Å²) in [5.41, 5.74) is -0.0193. The zero-order chi connectivity index (χ0) is 14.4. The topological polar surface area (TPSA) is 60.5 Å². The largest absolute Gasteiger partial charge is 0.464 e. The van der Waals surface area contributed by atoms with Crippen LogP contribution in [0.5, 0.6) is 0 Å². The van der Waals surface area contributed by atoms with Gasteiger partial charge in [-0.05, 0) is 44.4 Å². The van der Waals surface area contributed by atoms with Crippen molar-refractivity contribution in [2.75, 3.05) is 19.8 Å². The zero-order valence-corrected chi connectivity index (χ0v) is 12.1. The van der Waals surface area contributed by atoms with Gasteiger partial charge in [-0.3, -0.25) is 10.3 Å². The molecular formula is C15H22N2O3. The first kappa shape index (κ1) is 14.9. The number of aromatic nitrogens is 1. The molecular weight excluding hydrogens is 256 g/mol. The summed E-state index contributed by atoms with van der Waals surface area (Å²) in [5.74, 6) is -0.274. The van der Waals surface area contributed by atoms with Crippen LogP contribution in [0.1, 0.15) is 32.3 Å². The minimum absolute atomic E-state index is 0.172. The average molecular weight is 278 g/mol. The highest BCUT2D eigenvalue weighted by molar-refractivity contribution is 5.82. The van der Waals surface area contributed by atoms with Gasteiger partial charge in [0.1, 0.15) is 5.54 Å². The Bertz CT molecular complexity index is 432. The predicted octanol–water partition coefficient (Wildman–Crippen LogP) is 1.63. The first-order valence-electron chi connectivity index (χ1n) is 7.11. The summed E-state index contributed by atoms with van der Waals surface area (Å²) in [6.07, 6.45) is 5.65. The van der Waals surface area contributed by atoms with Gasteiger partial charge >= 0.3 is 5.97 Å². The van der Waals surface area contributed by atoms with E-state index in [0.717, 1.165) is 25.0 Å². The molecule has 2 heterocycles. The minimum atomic E-state index is -0.870. The highest BCUT2D eigenvalue weighted by Gasteiger charge is 2.37. The van der Waals surface area contributed by atoms with E-state index in [1.165, 1.54) is 0 Å². The van der Waals surface area contributed by atoms with Crippen LogP contribution in [0.4, 0.5) is 0 Å². The lowest BCUT2D eigenvalue weighted by molar-refractivity contribution is -0.151. The molecule has 1 fully saturated rings. The number of rotatable bonds is 6. The molecule has 1 aliphatic rings. The summed E-state index contributed by atoms with van der Waals surface area (Å²) in [4.78, 5) is 16.3. The normalized spacial score (nSPS) is 21.4. The molecule has 20 heavy (non-hydrogen) atoms. The number of nitrogens with zero attached hydrogens (tertiary/aromatic N) is 1. The number of carbonyl (C=O) groups excluding carboxylic acids is 1. The molecule has 2 unspecified atom stereocenters. The first-order chi connectivity index (χ1) is 9.66. The summed E-state index contributed by atoms with van der Waals surface area (Å²) in [6, 6.07) is 3.67. The van der Waals surface area contributed by atoms with Crippen molar-refractivity contribution in [1.82, 2.24) is 10.3 Å². The third kappa shape index (κ3) is 3.35. The van der Waals surface area contributed by atoms with E-state index >= 15 is 0 Å². The van der Waals surface area contributed by atoms with Gasteiger partial charge in [0.2, 0.25) is 0 Å². The van der Waals surface area contributed by atoms with E-state index in [-0.39, 0.29) is 12.1 Å². The monoisotopic (exact) mass is 278 g/mol. The smallest absolute Gasteiger partial charge is 0.330 e. The highest BCUT2D eigenvalue weighted by atomic mass is 16.5. The molecule has 0 aromatic carbocycles. The van der Waals surface area contributed by atoms with Crippen molar-refractivity contribution in [2.24, 2.45) is 0 Å². The molecule has 5 nitrogen and oxygen atoms in total. The van der Waals surface area contributed by atoms with Gasteiger partial charge in [0.05, 0.1) is 12.7 Å². The molecule has 5 heteroatoms. The van der Waals surface area contributed by atoms with Crippen LogP contribution in [0.15, 0.2) is 24.5 Å². The van der Waals surface area contributed by atoms with E-state index < -0.39 is 5.54 Å². The van der Waals surface area contributed by atoms with Crippen LogP contribution in [0.2, 0.25) is 0 Å². The van der Waals surface area contributed by atoms with Crippen LogP contribution in [0.3, 0.4) is 0 Å². The molecule has 1 aliphatic heterocycles. The Morgan fingerprint density at radius 3 is 2.90 bits per heavy atom. The Morgan fingerprint density at radius 1 is 1.55 bits per heavy atom. The molecule has 1 aromatic heterocycles. The molecule has 0 saturated carbocycles. The van der Waals surface area contributed by atoms with Crippen molar-refractivity contribution in [3.63, 3.8) is 0 Å². The van der Waals surface area contributed by atoms with Crippen LogP contribution < -0.4 is 5.32 Å². The number of hydrogen-bond donors (Lipinski definition) is 1. The van der Waals surface area contributed by atoms with E-state index in [1.807, 2.05) is 26.0 Å². The fourth-order valence-corrected chi connectivity index (χ4v) is 2.38. The lowest BCUT2D eigenvalue weighted by Gasteiger charge is -2.30. The fourth-order valence-electron chi connectivity index (χ4n) is 2.38. The maximum Gasteiger partial charge on any atom is 0.330 e. The molecule has 0 bridgehead atoms. The van der Waals surface area contributed by atoms with Crippen LogP contribution in [-0.2, 0) is 19.8 Å². The third-order valence-electron chi connectivity index (χ3n) is 3.65. The van der Waals surface area contributed by atoms with Crippen LogP contribution in [-0.4, -0.2) is 36.8 Å². The fraction of sp³-hybridized carbons (Fsp3) is 0.600. The molecule has 0 radical (unpaired) electrons. The second-order valence-electron chi connectivity index (χ2n) is 5.10. The van der Waals surface area contributed by atoms with Gasteiger partial charge in [-0.1, -0.05) is 0 Å². The van der Waals surface area contributed by atoms with Gasteiger partial charge in [0.25, 0.3) is 0 Å². The second kappa shape index (κ2) is 6.81. The average Bonchev–Trinajstić information content (AvgIpc) is 2.99. The van der Waals surface area contributed by atoms with E-state index in [9.17, 15) is 4.79 Å². The number of nitrogens with one attached hydrogen (secondary N) is 1. The van der Waals surface area contributed by atoms with Crippen molar-refractivity contribution in [3.8, 4) is 0 Å². The summed E-state index contributed by atoms with van der Waals surface area (Å²) >= 11 is 0. The quantitative estimate of drug-likeness (QED) is 0.801. The number of hydrogen-bond acceptors (Lipinski definition) is 5. The van der Waals surface area contributed by atoms with Gasteiger partial charge in [-0.15, -0.1) is 0 Å². The first-order valence-corrected chi connectivity index (χ1v) is 7.11. The molecule has 2 rings (SSSR count). The molecule has 110 valence electrons. The summed E-state index contributed by atoms with van der Waals surface area (Å²) < 4.78 is 10.8. The predicted molar refractivity (Wildman–Crippen MR) is 75.2 cm³/mol. The molecule has 0 aliphatic carbocycles. The van der Waals surface area contributed by atoms with Crippen LogP contribution in [0.25, 0.3) is 0 Å². The van der Waals surface area contributed by atoms with Gasteiger partial charge < -0.3 is 9.47 Å². The highest BCUT2D eigenvalue weighted by Crippen LogP contribution is 2.23. The van der Waals surface area contributed by atoms with E-state index in [0.29, 0.717) is 13.2 Å². The Balaban J connectivity index is 2.12. The van der Waals surface area contributed by atoms with Crippen molar-refractivity contribution in [3.05, 3.63) is 30.1 Å². The van der Waals surface area contributed by atoms with E-state index in [4.69, 9.17) is 9.47 Å². The van der Waals surface area contributed by atoms with Gasteiger partial charge in [0.15, 0.2) is 0 Å². The summed E-state index contributed by atoms with van der Waals surface area (Å²) in [5, 5.41) is 3.31. The number of ether oxygens (including phenoxy) is 2. The Hall–Kier alpha value is -1.46. The van der Waals surface area contributed by atoms with Crippen LogP contribution >= 0.6 is 0 Å². The Labute approximate surface area is 119 Å². The van der Waals surface area contributed by atoms with Gasteiger partial charge in [-0.2, -0.15) is 0 Å². The SMILES string of the molecule is CCOC(=O)C(C)(NCC1CCCO1)c1ccncc1. The lowest BCUT2D eigenvalue weighted by Crippen LogP contribution is -2.50. The van der Waals surface area contributed by atoms with E-state index in [1.54, 1.807) is 12.4 Å². The molecule has 2 atom stereocenters. The second-order valence-corrected chi connectivity index (χ2v) is 5.10. The standard InChI is InChI=1S/C15H22N2O3/c1-3-19-14(18)15(2,12-6-8-16-9-7-12)17-11-13-5-4-10-20-13/h6-9,13,17H,3-5,10-11H2,1-2H3. The van der Waals surface area contributed by atoms with Gasteiger partial charge in [-0.25, -0.2) is 4.79 Å². The van der Waals surface area contributed by atoms with Crippen molar-refractivity contribution in [1.29, 1.82) is 0 Å². The van der Waals surface area contributed by atoms with Crippen molar-refractivity contribution < 1.29 is 14.3 Å². The lowest BCUT2D eigenvalue weighted by atomic mass is 9.92. The molecule has 0 spiro atoms. The maximum absolute atomic E-state index is 12.3. The number of pyridine rings is 1. The summed E-state index contributed by atoms with van der Waals surface area (Å²) in [7, 11) is 0. The number of carbonyl (C=O) groups is 1. The maximum atomic E-state index is 12.3. The van der Waals surface area contributed by atoms with E-state index in [2.05, 4.69) is 10.3 Å². The zero-order valence-electron chi connectivity index (χ0n) is 12.1. The molecule has 1 aromatic rings. The molecule has 1 N–H and O–H groups in total. The minimum Gasteiger partial charge on any atom is -0.464 e. The van der Waals surface area contributed by atoms with Gasteiger partial charge in [0, 0.05) is 25.5 Å².